The molecule has 0 aliphatic heterocycles. The van der Waals surface area contributed by atoms with Crippen LogP contribution in [0.25, 0.3) is 0 Å². The Morgan fingerprint density at radius 2 is 1.13 bits per heavy atom. The minimum absolute atomic E-state index is 0.251. The van der Waals surface area contributed by atoms with Crippen molar-refractivity contribution in [2.75, 3.05) is 25.5 Å². The largest absolute Gasteiger partial charge is 0.453 e. The summed E-state index contributed by atoms with van der Waals surface area (Å²) in [6.45, 7) is 9.00. The summed E-state index contributed by atoms with van der Waals surface area (Å²) in [5.74, 6) is 0. The predicted octanol–water partition coefficient (Wildman–Crippen LogP) is 0.777. The second-order valence-electron chi connectivity index (χ2n) is 4.65. The molecular weight excluding hydrogens is 222 g/mol. The third-order valence-electron chi connectivity index (χ3n) is 1.69. The highest BCUT2D eigenvalue weighted by molar-refractivity contribution is 6.84. The van der Waals surface area contributed by atoms with Crippen molar-refractivity contribution in [1.29, 1.82) is 0 Å². The van der Waals surface area contributed by atoms with Gasteiger partial charge >= 0.3 is 0 Å². The molecule has 84 valence electrons. The summed E-state index contributed by atoms with van der Waals surface area (Å²) in [4.78, 5) is 0. The van der Waals surface area contributed by atoms with E-state index in [4.69, 9.17) is 29.3 Å². The van der Waals surface area contributed by atoms with Crippen LogP contribution in [-0.4, -0.2) is 57.8 Å². The van der Waals surface area contributed by atoms with Crippen LogP contribution in [-0.2, 0) is 13.6 Å². The molecular formula is C8H20B2O3Si2. The molecule has 0 bridgehead atoms. The molecule has 0 aliphatic carbocycles. The first kappa shape index (κ1) is 15.4. The van der Waals surface area contributed by atoms with Crippen molar-refractivity contribution in [2.45, 2.75) is 26.2 Å². The van der Waals surface area contributed by atoms with E-state index in [0.29, 0.717) is 12.5 Å². The van der Waals surface area contributed by atoms with E-state index in [1.807, 2.05) is 0 Å². The molecule has 0 amide bonds. The summed E-state index contributed by atoms with van der Waals surface area (Å²) in [6.07, 6.45) is 1.26. The highest BCUT2D eigenvalue weighted by Gasteiger charge is 2.33. The molecule has 0 aromatic carbocycles. The molecule has 4 radical (unpaired) electrons. The smallest absolute Gasteiger partial charge is 0.199 e. The van der Waals surface area contributed by atoms with Crippen LogP contribution in [0, 0.1) is 0 Å². The van der Waals surface area contributed by atoms with Crippen LogP contribution < -0.4 is 0 Å². The monoisotopic (exact) mass is 242 g/mol. The number of hydrogen-bond acceptors (Lipinski definition) is 3. The van der Waals surface area contributed by atoms with E-state index >= 15 is 0 Å². The fourth-order valence-corrected chi connectivity index (χ4v) is 9.09. The third-order valence-corrected chi connectivity index (χ3v) is 7.91. The van der Waals surface area contributed by atoms with Gasteiger partial charge in [0, 0.05) is 13.0 Å². The third kappa shape index (κ3) is 8.27. The molecule has 7 heteroatoms. The minimum atomic E-state index is -1.77. The fourth-order valence-electron chi connectivity index (χ4n) is 1.42. The highest BCUT2D eigenvalue weighted by atomic mass is 28.4. The fraction of sp³-hybridized carbons (Fsp3) is 1.00. The van der Waals surface area contributed by atoms with E-state index in [0.717, 1.165) is 0 Å². The van der Waals surface area contributed by atoms with E-state index in [1.165, 1.54) is 0 Å². The molecule has 0 N–H and O–H groups in total. The standard InChI is InChI=1S/C8H20B2O3Si2/c1-14(2,7-11-5-9)13-15(3,4)8-12-6-10/h5-8H2,1-4H3. The Hall–Kier alpha value is 0.444. The molecule has 0 atom stereocenters. The van der Waals surface area contributed by atoms with Crippen LogP contribution in [0.1, 0.15) is 0 Å². The van der Waals surface area contributed by atoms with Crippen LogP contribution in [0.15, 0.2) is 0 Å². The van der Waals surface area contributed by atoms with Gasteiger partial charge in [-0.25, -0.2) is 0 Å². The highest BCUT2D eigenvalue weighted by Crippen LogP contribution is 2.15. The average Bonchev–Trinajstić information content (AvgIpc) is 2.10. The zero-order valence-electron chi connectivity index (χ0n) is 10.2. The lowest BCUT2D eigenvalue weighted by molar-refractivity contribution is 0.200. The van der Waals surface area contributed by atoms with Crippen LogP contribution in [0.4, 0.5) is 0 Å². The van der Waals surface area contributed by atoms with Gasteiger partial charge in [0.1, 0.15) is 15.7 Å². The number of rotatable bonds is 8. The van der Waals surface area contributed by atoms with Gasteiger partial charge in [0.25, 0.3) is 0 Å². The molecule has 0 aromatic rings. The molecule has 0 rings (SSSR count). The Kier molecular flexibility index (Phi) is 7.11. The number of ether oxygens (including phenoxy) is 2. The molecule has 3 nitrogen and oxygen atoms in total. The summed E-state index contributed by atoms with van der Waals surface area (Å²) in [6, 6.07) is 0. The van der Waals surface area contributed by atoms with Gasteiger partial charge in [0.15, 0.2) is 16.6 Å². The molecule has 0 fully saturated rings. The summed E-state index contributed by atoms with van der Waals surface area (Å²) < 4.78 is 16.6. The van der Waals surface area contributed by atoms with Gasteiger partial charge in [-0.05, 0) is 26.2 Å². The van der Waals surface area contributed by atoms with Gasteiger partial charge in [-0.3, -0.25) is 0 Å². The van der Waals surface area contributed by atoms with Crippen molar-refractivity contribution in [1.82, 2.24) is 0 Å². The van der Waals surface area contributed by atoms with Gasteiger partial charge in [-0.15, -0.1) is 0 Å². The topological polar surface area (TPSA) is 27.7 Å². The van der Waals surface area contributed by atoms with Crippen LogP contribution in [0.3, 0.4) is 0 Å². The molecule has 0 saturated carbocycles. The zero-order chi connectivity index (χ0) is 11.9. The maximum absolute atomic E-state index is 6.15. The average molecular weight is 242 g/mol. The lowest BCUT2D eigenvalue weighted by atomic mass is 10.2. The molecule has 0 spiro atoms. The Labute approximate surface area is 97.9 Å². The Morgan fingerprint density at radius 1 is 0.800 bits per heavy atom. The van der Waals surface area contributed by atoms with E-state index < -0.39 is 16.6 Å². The van der Waals surface area contributed by atoms with Crippen LogP contribution >= 0.6 is 0 Å². The van der Waals surface area contributed by atoms with Crippen molar-refractivity contribution in [3.63, 3.8) is 0 Å². The summed E-state index contributed by atoms with van der Waals surface area (Å²) in [7, 11) is 7.05. The molecule has 0 aromatic heterocycles. The summed E-state index contributed by atoms with van der Waals surface area (Å²) in [5.41, 5.74) is 0. The maximum atomic E-state index is 6.15. The van der Waals surface area contributed by atoms with Crippen LogP contribution in [0.5, 0.6) is 0 Å². The Bertz CT molecular complexity index is 161. The molecule has 0 unspecified atom stereocenters. The van der Waals surface area contributed by atoms with Gasteiger partial charge in [-0.2, -0.15) is 0 Å². The van der Waals surface area contributed by atoms with Gasteiger partial charge < -0.3 is 13.6 Å². The first-order chi connectivity index (χ1) is 6.83. The molecule has 0 aliphatic rings. The van der Waals surface area contributed by atoms with E-state index in [2.05, 4.69) is 26.2 Å². The SMILES string of the molecule is [B]COC[Si](C)(C)O[Si](C)(C)COC[B]. The first-order valence-corrected chi connectivity index (χ1v) is 11.3. The van der Waals surface area contributed by atoms with E-state index in [9.17, 15) is 0 Å². The minimum Gasteiger partial charge on any atom is -0.453 e. The zero-order valence-corrected chi connectivity index (χ0v) is 12.2. The molecule has 0 heterocycles. The van der Waals surface area contributed by atoms with E-state index in [-0.39, 0.29) is 13.0 Å². The number of hydrogen-bond donors (Lipinski definition) is 0. The van der Waals surface area contributed by atoms with Crippen molar-refractivity contribution < 1.29 is 13.6 Å². The normalized spacial score (nSPS) is 13.1. The van der Waals surface area contributed by atoms with Crippen molar-refractivity contribution >= 4 is 32.3 Å². The predicted molar refractivity (Wildman–Crippen MR) is 69.2 cm³/mol. The second kappa shape index (κ2) is 6.90. The van der Waals surface area contributed by atoms with Crippen molar-refractivity contribution in [3.8, 4) is 0 Å². The van der Waals surface area contributed by atoms with Gasteiger partial charge in [0.2, 0.25) is 0 Å². The quantitative estimate of drug-likeness (QED) is 0.588. The Morgan fingerprint density at radius 3 is 1.40 bits per heavy atom. The Balaban J connectivity index is 4.04. The lowest BCUT2D eigenvalue weighted by Gasteiger charge is -2.33. The summed E-state index contributed by atoms with van der Waals surface area (Å²) >= 11 is 0. The second-order valence-corrected chi connectivity index (χ2v) is 13.1. The van der Waals surface area contributed by atoms with E-state index in [1.54, 1.807) is 0 Å². The van der Waals surface area contributed by atoms with Gasteiger partial charge in [-0.1, -0.05) is 0 Å². The molecule has 15 heavy (non-hydrogen) atoms. The maximum Gasteiger partial charge on any atom is 0.199 e. The molecule has 0 saturated heterocycles. The lowest BCUT2D eigenvalue weighted by Crippen LogP contribution is -2.50. The van der Waals surface area contributed by atoms with Crippen molar-refractivity contribution in [2.24, 2.45) is 0 Å². The van der Waals surface area contributed by atoms with Gasteiger partial charge in [0.05, 0.1) is 12.5 Å². The van der Waals surface area contributed by atoms with Crippen molar-refractivity contribution in [3.05, 3.63) is 0 Å². The van der Waals surface area contributed by atoms with Crippen LogP contribution in [0.2, 0.25) is 26.2 Å². The first-order valence-electron chi connectivity index (χ1n) is 5.09. The summed E-state index contributed by atoms with van der Waals surface area (Å²) in [5, 5.41) is 0.